The van der Waals surface area contributed by atoms with Crippen LogP contribution in [-0.2, 0) is 16.1 Å². The first-order valence-electron chi connectivity index (χ1n) is 8.72. The molecule has 134 valence electrons. The van der Waals surface area contributed by atoms with Crippen molar-refractivity contribution >= 4 is 17.7 Å². The maximum atomic E-state index is 12.0. The summed E-state index contributed by atoms with van der Waals surface area (Å²) < 4.78 is 13.3. The fourth-order valence-corrected chi connectivity index (χ4v) is 3.75. The molecule has 2 aliphatic rings. The molecule has 2 fully saturated rings. The molecule has 1 aliphatic carbocycles. The monoisotopic (exact) mass is 362 g/mol. The van der Waals surface area contributed by atoms with E-state index in [1.54, 1.807) is 6.26 Å². The summed E-state index contributed by atoms with van der Waals surface area (Å²) in [5.41, 5.74) is 0.930. The van der Waals surface area contributed by atoms with Gasteiger partial charge in [0.1, 0.15) is 5.76 Å². The minimum atomic E-state index is 0.0557. The molecule has 1 saturated carbocycles. The molecular weight excluding hydrogens is 340 g/mol. The lowest BCUT2D eigenvalue weighted by molar-refractivity contribution is -0.118. The Morgan fingerprint density at radius 1 is 1.40 bits per heavy atom. The van der Waals surface area contributed by atoms with Gasteiger partial charge in [-0.2, -0.15) is 0 Å². The highest BCUT2D eigenvalue weighted by molar-refractivity contribution is 7.99. The standard InChI is InChI=1S/C17H22N4O3S/c1-11-14(6-8-23-11)16-19-20-17(21(16)9-13-3-2-7-24-13)25-10-15(22)18-12-4-5-12/h6,8,12-13H,2-5,7,9-10H2,1H3,(H,18,22). The number of nitrogens with zero attached hydrogens (tertiary/aromatic N) is 3. The van der Waals surface area contributed by atoms with E-state index in [0.29, 0.717) is 18.3 Å². The third kappa shape index (κ3) is 3.90. The molecule has 1 unspecified atom stereocenters. The van der Waals surface area contributed by atoms with Gasteiger partial charge in [0.2, 0.25) is 5.91 Å². The Bertz CT molecular complexity index is 747. The summed E-state index contributed by atoms with van der Waals surface area (Å²) in [6.07, 6.45) is 6.13. The van der Waals surface area contributed by atoms with Gasteiger partial charge in [-0.1, -0.05) is 11.8 Å². The summed E-state index contributed by atoms with van der Waals surface area (Å²) in [6.45, 7) is 3.41. The van der Waals surface area contributed by atoms with Crippen molar-refractivity contribution in [3.8, 4) is 11.4 Å². The van der Waals surface area contributed by atoms with Gasteiger partial charge in [0, 0.05) is 12.6 Å². The molecule has 25 heavy (non-hydrogen) atoms. The number of aromatic nitrogens is 3. The van der Waals surface area contributed by atoms with Crippen molar-refractivity contribution in [1.29, 1.82) is 0 Å². The highest BCUT2D eigenvalue weighted by atomic mass is 32.2. The SMILES string of the molecule is Cc1occc1-c1nnc(SCC(=O)NC2CC2)n1CC1CCCO1. The van der Waals surface area contributed by atoms with Gasteiger partial charge in [0.05, 0.1) is 30.2 Å². The highest BCUT2D eigenvalue weighted by Crippen LogP contribution is 2.29. The Balaban J connectivity index is 1.53. The van der Waals surface area contributed by atoms with Crippen molar-refractivity contribution in [2.75, 3.05) is 12.4 Å². The number of nitrogens with one attached hydrogen (secondary N) is 1. The van der Waals surface area contributed by atoms with Gasteiger partial charge in [-0.3, -0.25) is 9.36 Å². The van der Waals surface area contributed by atoms with Crippen molar-refractivity contribution in [2.45, 2.75) is 56.5 Å². The molecule has 0 spiro atoms. The van der Waals surface area contributed by atoms with Crippen LogP contribution in [0.5, 0.6) is 0 Å². The van der Waals surface area contributed by atoms with Crippen molar-refractivity contribution in [3.05, 3.63) is 18.1 Å². The molecule has 0 aromatic carbocycles. The molecule has 2 aromatic heterocycles. The number of rotatable bonds is 7. The number of carbonyl (C=O) groups excluding carboxylic acids is 1. The third-order valence-corrected chi connectivity index (χ3v) is 5.47. The number of hydrogen-bond acceptors (Lipinski definition) is 6. The van der Waals surface area contributed by atoms with Crippen LogP contribution in [0.1, 0.15) is 31.4 Å². The average Bonchev–Trinajstić information content (AvgIpc) is 3.00. The lowest BCUT2D eigenvalue weighted by Gasteiger charge is -2.14. The number of carbonyl (C=O) groups is 1. The largest absolute Gasteiger partial charge is 0.469 e. The van der Waals surface area contributed by atoms with Crippen LogP contribution in [0.3, 0.4) is 0 Å². The van der Waals surface area contributed by atoms with Gasteiger partial charge < -0.3 is 14.5 Å². The summed E-state index contributed by atoms with van der Waals surface area (Å²) in [6, 6.07) is 2.28. The van der Waals surface area contributed by atoms with E-state index in [9.17, 15) is 4.79 Å². The molecule has 0 radical (unpaired) electrons. The zero-order valence-corrected chi connectivity index (χ0v) is 15.1. The van der Waals surface area contributed by atoms with Crippen molar-refractivity contribution in [3.63, 3.8) is 0 Å². The van der Waals surface area contributed by atoms with Crippen molar-refractivity contribution in [1.82, 2.24) is 20.1 Å². The average molecular weight is 362 g/mol. The fraction of sp³-hybridized carbons (Fsp3) is 0.588. The Morgan fingerprint density at radius 2 is 2.28 bits per heavy atom. The quantitative estimate of drug-likeness (QED) is 0.762. The molecule has 2 aromatic rings. The highest BCUT2D eigenvalue weighted by Gasteiger charge is 2.25. The summed E-state index contributed by atoms with van der Waals surface area (Å²) in [4.78, 5) is 12.0. The Morgan fingerprint density at radius 3 is 2.96 bits per heavy atom. The van der Waals surface area contributed by atoms with Crippen LogP contribution >= 0.6 is 11.8 Å². The lowest BCUT2D eigenvalue weighted by atomic mass is 10.2. The van der Waals surface area contributed by atoms with Crippen LogP contribution in [0.2, 0.25) is 0 Å². The lowest BCUT2D eigenvalue weighted by Crippen LogP contribution is -2.27. The normalized spacial score (nSPS) is 20.1. The number of aryl methyl sites for hydroxylation is 1. The van der Waals surface area contributed by atoms with Crippen molar-refractivity contribution in [2.24, 2.45) is 0 Å². The minimum absolute atomic E-state index is 0.0557. The van der Waals surface area contributed by atoms with E-state index in [-0.39, 0.29) is 12.0 Å². The topological polar surface area (TPSA) is 82.2 Å². The molecule has 3 heterocycles. The second kappa shape index (κ2) is 7.21. The van der Waals surface area contributed by atoms with E-state index in [0.717, 1.165) is 54.6 Å². The first kappa shape index (κ1) is 16.7. The van der Waals surface area contributed by atoms with Crippen LogP contribution in [0, 0.1) is 6.92 Å². The van der Waals surface area contributed by atoms with Gasteiger partial charge in [0.25, 0.3) is 0 Å². The zero-order valence-electron chi connectivity index (χ0n) is 14.2. The molecule has 4 rings (SSSR count). The van der Waals surface area contributed by atoms with Crippen LogP contribution < -0.4 is 5.32 Å². The first-order valence-corrected chi connectivity index (χ1v) is 9.70. The molecule has 1 saturated heterocycles. The third-order valence-electron chi connectivity index (χ3n) is 4.50. The summed E-state index contributed by atoms with van der Waals surface area (Å²) in [5.74, 6) is 1.99. The van der Waals surface area contributed by atoms with E-state index in [4.69, 9.17) is 9.15 Å². The van der Waals surface area contributed by atoms with Crippen LogP contribution in [-0.4, -0.2) is 45.2 Å². The Labute approximate surface area is 150 Å². The first-order chi connectivity index (χ1) is 12.2. The molecule has 1 N–H and O–H groups in total. The number of hydrogen-bond donors (Lipinski definition) is 1. The molecule has 8 heteroatoms. The smallest absolute Gasteiger partial charge is 0.230 e. The molecule has 1 atom stereocenters. The maximum absolute atomic E-state index is 12.0. The van der Waals surface area contributed by atoms with Gasteiger partial charge in [-0.15, -0.1) is 10.2 Å². The second-order valence-corrected chi connectivity index (χ2v) is 7.52. The van der Waals surface area contributed by atoms with Crippen LogP contribution in [0.15, 0.2) is 21.9 Å². The molecular formula is C17H22N4O3S. The van der Waals surface area contributed by atoms with Gasteiger partial charge in [0.15, 0.2) is 11.0 Å². The van der Waals surface area contributed by atoms with Crippen molar-refractivity contribution < 1.29 is 13.9 Å². The predicted octanol–water partition coefficient (Wildman–Crippen LogP) is 2.40. The van der Waals surface area contributed by atoms with E-state index in [1.165, 1.54) is 11.8 Å². The minimum Gasteiger partial charge on any atom is -0.469 e. The Kier molecular flexibility index (Phi) is 4.80. The van der Waals surface area contributed by atoms with Gasteiger partial charge >= 0.3 is 0 Å². The van der Waals surface area contributed by atoms with Crippen LogP contribution in [0.25, 0.3) is 11.4 Å². The fourth-order valence-electron chi connectivity index (χ4n) is 3.00. The maximum Gasteiger partial charge on any atom is 0.230 e. The van der Waals surface area contributed by atoms with Crippen LogP contribution in [0.4, 0.5) is 0 Å². The van der Waals surface area contributed by atoms with Gasteiger partial charge in [-0.05, 0) is 38.7 Å². The van der Waals surface area contributed by atoms with E-state index in [1.807, 2.05) is 13.0 Å². The molecule has 1 aliphatic heterocycles. The Hall–Kier alpha value is -1.80. The second-order valence-electron chi connectivity index (χ2n) is 6.57. The predicted molar refractivity (Wildman–Crippen MR) is 93.3 cm³/mol. The van der Waals surface area contributed by atoms with E-state index < -0.39 is 0 Å². The summed E-state index contributed by atoms with van der Waals surface area (Å²) in [5, 5.41) is 12.4. The van der Waals surface area contributed by atoms with Gasteiger partial charge in [-0.25, -0.2) is 0 Å². The summed E-state index contributed by atoms with van der Waals surface area (Å²) >= 11 is 1.42. The molecule has 0 bridgehead atoms. The van der Waals surface area contributed by atoms with E-state index in [2.05, 4.69) is 20.1 Å². The molecule has 7 nitrogen and oxygen atoms in total. The number of amides is 1. The van der Waals surface area contributed by atoms with E-state index >= 15 is 0 Å². The number of thioether (sulfide) groups is 1. The number of furan rings is 1. The molecule has 1 amide bonds. The number of ether oxygens (including phenoxy) is 1. The zero-order chi connectivity index (χ0) is 17.2. The summed E-state index contributed by atoms with van der Waals surface area (Å²) in [7, 11) is 0.